The maximum absolute atomic E-state index is 13.8. The van der Waals surface area contributed by atoms with E-state index in [0.717, 1.165) is 0 Å². The number of hydrogen-bond acceptors (Lipinski definition) is 11. The zero-order valence-electron chi connectivity index (χ0n) is 20.8. The third-order valence-electron chi connectivity index (χ3n) is 7.73. The number of benzene rings is 1. The average Bonchev–Trinajstić information content (AvgIpc) is 2.86. The predicted octanol–water partition coefficient (Wildman–Crippen LogP) is 0.586. The molecule has 0 saturated heterocycles. The average molecular weight is 523 g/mol. The van der Waals surface area contributed by atoms with Crippen LogP contribution in [0.3, 0.4) is 0 Å². The summed E-state index contributed by atoms with van der Waals surface area (Å²) >= 11 is 0. The number of methoxy groups -OCH3 is 1. The number of rotatable bonds is 4. The van der Waals surface area contributed by atoms with Crippen LogP contribution in [0.5, 0.6) is 11.8 Å². The molecule has 0 unspecified atom stereocenters. The summed E-state index contributed by atoms with van der Waals surface area (Å²) in [5.74, 6) is -6.95. The molecule has 198 valence electrons. The summed E-state index contributed by atoms with van der Waals surface area (Å²) in [6, 6.07) is 2.05. The van der Waals surface area contributed by atoms with E-state index in [0.29, 0.717) is 16.7 Å². The van der Waals surface area contributed by atoms with Crippen LogP contribution in [0.15, 0.2) is 47.2 Å². The van der Waals surface area contributed by atoms with E-state index in [9.17, 15) is 34.8 Å². The lowest BCUT2D eigenvalue weighted by Gasteiger charge is -2.50. The number of hydrogen-bond donors (Lipinski definition) is 5. The van der Waals surface area contributed by atoms with Gasteiger partial charge in [0.25, 0.3) is 5.91 Å². The van der Waals surface area contributed by atoms with Gasteiger partial charge in [-0.1, -0.05) is 6.07 Å². The first-order valence-corrected chi connectivity index (χ1v) is 11.8. The number of ether oxygens (including phenoxy) is 1. The van der Waals surface area contributed by atoms with Crippen molar-refractivity contribution >= 4 is 17.5 Å². The van der Waals surface area contributed by atoms with Crippen LogP contribution >= 0.6 is 0 Å². The normalized spacial score (nSPS) is 26.7. The molecule has 12 heteroatoms. The van der Waals surface area contributed by atoms with Gasteiger partial charge in [0.1, 0.15) is 22.8 Å². The number of phenols is 1. The molecule has 0 aliphatic heterocycles. The van der Waals surface area contributed by atoms with E-state index in [1.165, 1.54) is 30.5 Å². The number of aromatic hydroxyl groups is 1. The van der Waals surface area contributed by atoms with Crippen LogP contribution in [-0.2, 0) is 16.0 Å². The Morgan fingerprint density at radius 3 is 2.39 bits per heavy atom. The molecule has 0 spiro atoms. The minimum Gasteiger partial charge on any atom is -0.510 e. The number of aliphatic hydroxyl groups is 3. The summed E-state index contributed by atoms with van der Waals surface area (Å²) in [4.78, 5) is 48.9. The summed E-state index contributed by atoms with van der Waals surface area (Å²) in [5.41, 5.74) is 3.14. The predicted molar refractivity (Wildman–Crippen MR) is 131 cm³/mol. The zero-order chi connectivity index (χ0) is 27.7. The van der Waals surface area contributed by atoms with Gasteiger partial charge in [-0.05, 0) is 50.0 Å². The molecule has 1 aromatic carbocycles. The fourth-order valence-electron chi connectivity index (χ4n) is 6.08. The van der Waals surface area contributed by atoms with Crippen LogP contribution in [0, 0.1) is 11.8 Å². The van der Waals surface area contributed by atoms with Gasteiger partial charge in [0.05, 0.1) is 18.7 Å². The van der Waals surface area contributed by atoms with Crippen LogP contribution < -0.4 is 10.5 Å². The number of carbonyl (C=O) groups excluding carboxylic acids is 3. The number of likely N-dealkylation sites (N-methyl/N-ethyl adjacent to an activating group) is 1. The minimum absolute atomic E-state index is 0.0000291. The molecular weight excluding hydrogens is 496 g/mol. The molecule has 6 N–H and O–H groups in total. The van der Waals surface area contributed by atoms with E-state index in [-0.39, 0.29) is 35.7 Å². The van der Waals surface area contributed by atoms with Gasteiger partial charge < -0.3 is 30.9 Å². The number of Topliss-reactive ketones (excluding diaryl/α,β-unsaturated/α-hetero) is 2. The van der Waals surface area contributed by atoms with Crippen LogP contribution in [0.25, 0.3) is 11.1 Å². The van der Waals surface area contributed by atoms with Crippen molar-refractivity contribution < 1.29 is 39.5 Å². The number of allylic oxidation sites excluding steroid dienone is 1. The number of fused-ring (bicyclic) bond motifs is 3. The number of phenolic OH excluding ortho intramolecular Hbond substituents is 1. The highest BCUT2D eigenvalue weighted by Crippen LogP contribution is 2.53. The number of aromatic nitrogens is 2. The van der Waals surface area contributed by atoms with Crippen molar-refractivity contribution in [3.63, 3.8) is 0 Å². The highest BCUT2D eigenvalue weighted by Gasteiger charge is 2.63. The molecule has 0 bridgehead atoms. The van der Waals surface area contributed by atoms with Crippen LogP contribution in [0.1, 0.15) is 22.3 Å². The van der Waals surface area contributed by atoms with Gasteiger partial charge in [0.15, 0.2) is 11.4 Å². The Morgan fingerprint density at radius 2 is 1.82 bits per heavy atom. The van der Waals surface area contributed by atoms with Gasteiger partial charge >= 0.3 is 6.01 Å². The second-order valence-corrected chi connectivity index (χ2v) is 9.91. The monoisotopic (exact) mass is 522 g/mol. The van der Waals surface area contributed by atoms with E-state index in [1.807, 2.05) is 0 Å². The van der Waals surface area contributed by atoms with E-state index >= 15 is 0 Å². The van der Waals surface area contributed by atoms with Gasteiger partial charge in [-0.15, -0.1) is 0 Å². The Bertz CT molecular complexity index is 1460. The number of nitrogens with zero attached hydrogens (tertiary/aromatic N) is 3. The van der Waals surface area contributed by atoms with Crippen LogP contribution in [-0.4, -0.2) is 85.6 Å². The number of ketones is 2. The minimum atomic E-state index is -2.68. The van der Waals surface area contributed by atoms with Gasteiger partial charge in [0.2, 0.25) is 5.78 Å². The molecule has 2 aromatic rings. The first kappa shape index (κ1) is 25.4. The topological polar surface area (TPSA) is 196 Å². The Morgan fingerprint density at radius 1 is 1.16 bits per heavy atom. The maximum atomic E-state index is 13.8. The Labute approximate surface area is 216 Å². The van der Waals surface area contributed by atoms with Gasteiger partial charge in [-0.2, -0.15) is 0 Å². The lowest BCUT2D eigenvalue weighted by atomic mass is 9.58. The smallest absolute Gasteiger partial charge is 0.316 e. The lowest BCUT2D eigenvalue weighted by Crippen LogP contribution is -2.63. The number of amides is 1. The van der Waals surface area contributed by atoms with Gasteiger partial charge in [-0.25, -0.2) is 9.97 Å². The molecular formula is C26H26N4O8. The summed E-state index contributed by atoms with van der Waals surface area (Å²) in [5, 5.41) is 44.5. The van der Waals surface area contributed by atoms with Gasteiger partial charge in [0, 0.05) is 29.4 Å². The molecule has 3 aliphatic rings. The molecule has 38 heavy (non-hydrogen) atoms. The summed E-state index contributed by atoms with van der Waals surface area (Å²) in [6.45, 7) is 0. The van der Waals surface area contributed by atoms with E-state index in [4.69, 9.17) is 10.5 Å². The second kappa shape index (κ2) is 8.64. The van der Waals surface area contributed by atoms with Crippen molar-refractivity contribution in [2.24, 2.45) is 17.6 Å². The van der Waals surface area contributed by atoms with Crippen molar-refractivity contribution in [3.05, 3.63) is 58.3 Å². The third kappa shape index (κ3) is 3.33. The van der Waals surface area contributed by atoms with E-state index < -0.39 is 58.0 Å². The van der Waals surface area contributed by atoms with Crippen LogP contribution in [0.4, 0.5) is 0 Å². The van der Waals surface area contributed by atoms with Crippen molar-refractivity contribution in [1.29, 1.82) is 0 Å². The number of nitrogens with two attached hydrogens (primary N) is 1. The first-order valence-electron chi connectivity index (χ1n) is 11.8. The SMILES string of the molecule is COc1ncc(-c2ccc(O)c3c2C[C@H]2C[C@H]4[C@H](N(C)C)C(O)=C(C(N)=O)C(=O)[C@@]4(O)C(O)=C2C3=O)cn1. The molecule has 5 rings (SSSR count). The van der Waals surface area contributed by atoms with Gasteiger partial charge in [-0.3, -0.25) is 19.3 Å². The lowest BCUT2D eigenvalue weighted by molar-refractivity contribution is -0.148. The van der Waals surface area contributed by atoms with Crippen molar-refractivity contribution in [1.82, 2.24) is 14.9 Å². The highest BCUT2D eigenvalue weighted by molar-refractivity contribution is 6.24. The summed E-state index contributed by atoms with van der Waals surface area (Å²) in [6.07, 6.45) is 3.19. The fraction of sp³-hybridized carbons (Fsp3) is 0.346. The standard InChI is InChI=1S/C26H26N4O8/c1-30(2)19-14-7-10-6-13-12(11-8-28-25(38-3)29-9-11)4-5-15(31)17(13)20(32)16(10)22(34)26(14,37)23(35)18(21(19)33)24(27)36/h4-5,8-10,14,19,31,33-34,37H,6-7H2,1-3H3,(H2,27,36)/t10-,14-,19-,26-/m0/s1. The fourth-order valence-corrected chi connectivity index (χ4v) is 6.08. The van der Waals surface area contributed by atoms with Crippen molar-refractivity contribution in [3.8, 4) is 22.9 Å². The second-order valence-electron chi connectivity index (χ2n) is 9.91. The third-order valence-corrected chi connectivity index (χ3v) is 7.73. The molecule has 3 aliphatic carbocycles. The molecule has 0 saturated carbocycles. The largest absolute Gasteiger partial charge is 0.510 e. The summed E-state index contributed by atoms with van der Waals surface area (Å²) < 4.78 is 5.01. The molecule has 12 nitrogen and oxygen atoms in total. The number of carbonyl (C=O) groups is 3. The molecule has 0 radical (unpaired) electrons. The van der Waals surface area contributed by atoms with E-state index in [2.05, 4.69) is 9.97 Å². The molecule has 1 aromatic heterocycles. The molecule has 0 fully saturated rings. The summed E-state index contributed by atoms with van der Waals surface area (Å²) in [7, 11) is 4.58. The molecule has 1 amide bonds. The zero-order valence-corrected chi connectivity index (χ0v) is 20.8. The number of primary amides is 1. The highest BCUT2D eigenvalue weighted by atomic mass is 16.5. The quantitative estimate of drug-likeness (QED) is 0.352. The first-order chi connectivity index (χ1) is 17.9. The van der Waals surface area contributed by atoms with Crippen LogP contribution in [0.2, 0.25) is 0 Å². The maximum Gasteiger partial charge on any atom is 0.316 e. The van der Waals surface area contributed by atoms with Crippen molar-refractivity contribution in [2.75, 3.05) is 21.2 Å². The van der Waals surface area contributed by atoms with Crippen molar-refractivity contribution in [2.45, 2.75) is 24.5 Å². The molecule has 1 heterocycles. The van der Waals surface area contributed by atoms with E-state index in [1.54, 1.807) is 20.2 Å². The Kier molecular flexibility index (Phi) is 5.76. The number of aliphatic hydroxyl groups excluding tert-OH is 2. The molecule has 4 atom stereocenters. The Balaban J connectivity index is 1.70. The Hall–Kier alpha value is -4.29.